The molecule has 1 fully saturated rings. The number of amides is 1. The van der Waals surface area contributed by atoms with Gasteiger partial charge in [0.15, 0.2) is 0 Å². The van der Waals surface area contributed by atoms with Gasteiger partial charge in [0.2, 0.25) is 17.7 Å². The van der Waals surface area contributed by atoms with Gasteiger partial charge in [-0.05, 0) is 32.4 Å². The van der Waals surface area contributed by atoms with Crippen LogP contribution < -0.4 is 25.8 Å². The van der Waals surface area contributed by atoms with Crippen LogP contribution in [0.4, 0.5) is 5.95 Å². The molecule has 1 amide bonds. The first kappa shape index (κ1) is 36.9. The number of rotatable bonds is 12. The van der Waals surface area contributed by atoms with E-state index in [2.05, 4.69) is 10.6 Å². The topological polar surface area (TPSA) is 132 Å². The van der Waals surface area contributed by atoms with Gasteiger partial charge in [-0.2, -0.15) is 0 Å². The molecule has 0 radical (unpaired) electrons. The van der Waals surface area contributed by atoms with Crippen LogP contribution in [0.2, 0.25) is 10.0 Å². The Labute approximate surface area is 311 Å². The van der Waals surface area contributed by atoms with Crippen molar-refractivity contribution in [1.29, 1.82) is 0 Å². The zero-order chi connectivity index (χ0) is 37.3. The van der Waals surface area contributed by atoms with Crippen molar-refractivity contribution in [3.8, 4) is 39.4 Å². The van der Waals surface area contributed by atoms with E-state index in [1.807, 2.05) is 48.5 Å². The molecular weight excluding hydrogens is 705 g/mol. The molecule has 0 saturated carbocycles. The summed E-state index contributed by atoms with van der Waals surface area (Å²) in [6.07, 6.45) is 3.14. The molecule has 272 valence electrons. The van der Waals surface area contributed by atoms with Crippen LogP contribution in [0.5, 0.6) is 5.88 Å². The smallest absolute Gasteiger partial charge is 0.313 e. The molecule has 3 aromatic heterocycles. The molecule has 0 spiro atoms. The highest BCUT2D eigenvalue weighted by Gasteiger charge is 2.31. The summed E-state index contributed by atoms with van der Waals surface area (Å²) >= 11 is 14.2. The molecule has 5 aromatic rings. The van der Waals surface area contributed by atoms with Crippen LogP contribution in [0.1, 0.15) is 32.3 Å². The fraction of sp³-hybridized carbons (Fsp3) is 0.342. The quantitative estimate of drug-likeness (QED) is 0.153. The number of aromatic nitrogens is 4. The number of ether oxygens (including phenoxy) is 2. The van der Waals surface area contributed by atoms with Crippen molar-refractivity contribution in [1.82, 2.24) is 29.8 Å². The number of pyridine rings is 1. The second-order valence-corrected chi connectivity index (χ2v) is 14.3. The van der Waals surface area contributed by atoms with E-state index < -0.39 is 5.41 Å². The van der Waals surface area contributed by atoms with Crippen LogP contribution in [0.3, 0.4) is 0 Å². The lowest BCUT2D eigenvalue weighted by molar-refractivity contribution is -0.150. The number of benzene rings is 2. The van der Waals surface area contributed by atoms with E-state index in [0.29, 0.717) is 80.4 Å². The number of carbonyl (C=O) groups excluding carboxylic acids is 2. The van der Waals surface area contributed by atoms with Crippen LogP contribution in [0, 0.1) is 5.41 Å². The first-order chi connectivity index (χ1) is 24.8. The van der Waals surface area contributed by atoms with Crippen molar-refractivity contribution in [2.75, 3.05) is 39.3 Å². The molecule has 1 aliphatic heterocycles. The highest BCUT2D eigenvalue weighted by molar-refractivity contribution is 6.39. The van der Waals surface area contributed by atoms with Crippen LogP contribution in [-0.2, 0) is 27.9 Å². The first-order valence-electron chi connectivity index (χ1n) is 16.8. The van der Waals surface area contributed by atoms with Gasteiger partial charge in [-0.1, -0.05) is 65.7 Å². The van der Waals surface area contributed by atoms with E-state index in [9.17, 15) is 14.4 Å². The number of methoxy groups -OCH3 is 2. The third-order valence-corrected chi connectivity index (χ3v) is 10.1. The second-order valence-electron chi connectivity index (χ2n) is 13.6. The number of hydrogen-bond donors (Lipinski definition) is 2. The molecule has 52 heavy (non-hydrogen) atoms. The van der Waals surface area contributed by atoms with Gasteiger partial charge in [-0.15, -0.1) is 5.10 Å². The van der Waals surface area contributed by atoms with Crippen molar-refractivity contribution < 1.29 is 19.1 Å². The van der Waals surface area contributed by atoms with E-state index in [0.717, 1.165) is 12.0 Å². The number of nitrogens with one attached hydrogen (secondary N) is 2. The summed E-state index contributed by atoms with van der Waals surface area (Å²) in [5.74, 6) is 0.583. The van der Waals surface area contributed by atoms with Gasteiger partial charge >= 0.3 is 5.97 Å². The minimum Gasteiger partial charge on any atom is -0.481 e. The molecule has 0 aliphatic carbocycles. The SMILES string of the molecule is COC(=O)C(C)(C)CN(C)c1nn2cc(-c3cccc(-c4cccc(-c5ccc(CNC[C@@H]6CCC(=O)N6)c(OC)n5)c4Cl)c3Cl)cc2c(=O)n1C. The Morgan fingerprint density at radius 1 is 1.04 bits per heavy atom. The van der Waals surface area contributed by atoms with Crippen LogP contribution in [0.25, 0.3) is 39.0 Å². The standard InChI is InChI=1S/C38H41Cl2N7O5/c1-38(2,36(50)52-6)21-45(3)37-44-47-20-23(17-30(47)35(49)46(37)4)25-9-7-10-26(32(25)39)27-11-8-12-28(33(27)40)29-15-13-22(34(43-29)51-5)18-41-19-24-14-16-31(48)42-24/h7-13,15,17,20,24,41H,14,16,18-19,21H2,1-6H3,(H,42,48)/t24-/m0/s1. The highest BCUT2D eigenvalue weighted by atomic mass is 35.5. The van der Waals surface area contributed by atoms with Gasteiger partial charge in [0, 0.05) is 85.8 Å². The fourth-order valence-electron chi connectivity index (χ4n) is 6.65. The summed E-state index contributed by atoms with van der Waals surface area (Å²) in [7, 11) is 6.36. The van der Waals surface area contributed by atoms with Crippen molar-refractivity contribution >= 4 is 46.5 Å². The minimum atomic E-state index is -0.829. The molecule has 0 unspecified atom stereocenters. The molecule has 2 aromatic carbocycles. The average molecular weight is 747 g/mol. The van der Waals surface area contributed by atoms with Gasteiger partial charge in [-0.25, -0.2) is 9.50 Å². The number of nitrogens with zero attached hydrogens (tertiary/aromatic N) is 5. The molecule has 2 N–H and O–H groups in total. The van der Waals surface area contributed by atoms with Crippen LogP contribution in [0.15, 0.2) is 65.6 Å². The van der Waals surface area contributed by atoms with Crippen molar-refractivity contribution in [3.63, 3.8) is 0 Å². The fourth-order valence-corrected chi connectivity index (χ4v) is 7.31. The van der Waals surface area contributed by atoms with Crippen molar-refractivity contribution in [2.24, 2.45) is 12.5 Å². The summed E-state index contributed by atoms with van der Waals surface area (Å²) < 4.78 is 13.6. The molecule has 4 heterocycles. The Morgan fingerprint density at radius 2 is 1.71 bits per heavy atom. The van der Waals surface area contributed by atoms with Gasteiger partial charge < -0.3 is 25.0 Å². The predicted molar refractivity (Wildman–Crippen MR) is 203 cm³/mol. The molecule has 14 heteroatoms. The van der Waals surface area contributed by atoms with E-state index in [-0.39, 0.29) is 30.0 Å². The Morgan fingerprint density at radius 3 is 2.37 bits per heavy atom. The van der Waals surface area contributed by atoms with Gasteiger partial charge in [0.05, 0.1) is 35.4 Å². The van der Waals surface area contributed by atoms with E-state index in [4.69, 9.17) is 42.8 Å². The zero-order valence-electron chi connectivity index (χ0n) is 29.9. The minimum absolute atomic E-state index is 0.0860. The normalized spacial score (nSPS) is 14.5. The number of halogens is 2. The number of carbonyl (C=O) groups is 2. The van der Waals surface area contributed by atoms with Gasteiger partial charge in [0.25, 0.3) is 5.56 Å². The number of esters is 1. The molecule has 1 aliphatic rings. The summed E-state index contributed by atoms with van der Waals surface area (Å²) in [5, 5.41) is 12.0. The third kappa shape index (κ3) is 7.23. The summed E-state index contributed by atoms with van der Waals surface area (Å²) in [4.78, 5) is 43.9. The Bertz CT molecular complexity index is 2230. The lowest BCUT2D eigenvalue weighted by Crippen LogP contribution is -2.40. The van der Waals surface area contributed by atoms with Gasteiger partial charge in [0.1, 0.15) is 5.52 Å². The zero-order valence-corrected chi connectivity index (χ0v) is 31.4. The maximum atomic E-state index is 13.5. The predicted octanol–water partition coefficient (Wildman–Crippen LogP) is 5.75. The monoisotopic (exact) mass is 745 g/mol. The molecule has 1 saturated heterocycles. The summed E-state index contributed by atoms with van der Waals surface area (Å²) in [6, 6.07) is 17.1. The Balaban J connectivity index is 1.29. The van der Waals surface area contributed by atoms with E-state index >= 15 is 0 Å². The van der Waals surface area contributed by atoms with Gasteiger partial charge in [-0.3, -0.25) is 19.0 Å². The number of anilines is 1. The molecule has 1 atom stereocenters. The van der Waals surface area contributed by atoms with Crippen LogP contribution >= 0.6 is 23.2 Å². The lowest BCUT2D eigenvalue weighted by Gasteiger charge is -2.29. The van der Waals surface area contributed by atoms with Crippen molar-refractivity contribution in [3.05, 3.63) is 86.8 Å². The van der Waals surface area contributed by atoms with Crippen LogP contribution in [-0.4, -0.2) is 71.4 Å². The Kier molecular flexibility index (Phi) is 10.6. The maximum Gasteiger partial charge on any atom is 0.313 e. The number of hydrogen-bond acceptors (Lipinski definition) is 9. The number of fused-ring (bicyclic) bond motifs is 1. The van der Waals surface area contributed by atoms with E-state index in [1.165, 1.54) is 16.2 Å². The highest BCUT2D eigenvalue weighted by Crippen LogP contribution is 2.42. The largest absolute Gasteiger partial charge is 0.481 e. The average Bonchev–Trinajstić information content (AvgIpc) is 3.75. The maximum absolute atomic E-state index is 13.5. The summed E-state index contributed by atoms with van der Waals surface area (Å²) in [5.41, 5.74) is 4.33. The molecular formula is C38H41Cl2N7O5. The summed E-state index contributed by atoms with van der Waals surface area (Å²) in [6.45, 7) is 5.02. The third-order valence-electron chi connectivity index (χ3n) is 9.33. The van der Waals surface area contributed by atoms with Crippen molar-refractivity contribution in [2.45, 2.75) is 39.3 Å². The van der Waals surface area contributed by atoms with E-state index in [1.54, 1.807) is 52.2 Å². The lowest BCUT2D eigenvalue weighted by atomic mass is 9.93. The molecule has 0 bridgehead atoms. The second kappa shape index (κ2) is 15.0. The molecule has 12 nitrogen and oxygen atoms in total. The Hall–Kier alpha value is -4.91. The first-order valence-corrected chi connectivity index (χ1v) is 17.6. The molecule has 6 rings (SSSR count).